The highest BCUT2D eigenvalue weighted by Gasteiger charge is 2.36. The summed E-state index contributed by atoms with van der Waals surface area (Å²) >= 11 is 0. The number of nitrogens with zero attached hydrogens (tertiary/aromatic N) is 4. The quantitative estimate of drug-likeness (QED) is 0.822. The Morgan fingerprint density at radius 1 is 1.23 bits per heavy atom. The maximum absolute atomic E-state index is 12.6. The number of hydrogen-bond donors (Lipinski definition) is 2. The molecule has 2 aromatic rings. The molecule has 1 fully saturated rings. The molecule has 0 bridgehead atoms. The fourth-order valence-corrected chi connectivity index (χ4v) is 3.79. The van der Waals surface area contributed by atoms with Crippen molar-refractivity contribution in [3.8, 4) is 11.4 Å². The van der Waals surface area contributed by atoms with Crippen LogP contribution in [0.3, 0.4) is 0 Å². The van der Waals surface area contributed by atoms with Crippen molar-refractivity contribution in [1.29, 1.82) is 0 Å². The zero-order chi connectivity index (χ0) is 18.6. The summed E-state index contributed by atoms with van der Waals surface area (Å²) in [6.45, 7) is 0. The fraction of sp³-hybridized carbons (Fsp3) is 0.500. The van der Waals surface area contributed by atoms with Gasteiger partial charge in [0.05, 0.1) is 6.42 Å². The van der Waals surface area contributed by atoms with Crippen molar-refractivity contribution in [2.75, 3.05) is 5.32 Å². The molecule has 1 aromatic heterocycles. The summed E-state index contributed by atoms with van der Waals surface area (Å²) in [4.78, 5) is 23.9. The number of carbonyl (C=O) groups excluding carboxylic acids is 1. The van der Waals surface area contributed by atoms with Crippen LogP contribution in [0.15, 0.2) is 24.3 Å². The molecule has 8 nitrogen and oxygen atoms in total. The highest BCUT2D eigenvalue weighted by atomic mass is 16.4. The Hall–Kier alpha value is -2.77. The first-order valence-electron chi connectivity index (χ1n) is 8.82. The molecule has 8 heteroatoms. The molecule has 0 unspecified atom stereocenters. The third kappa shape index (κ3) is 4.25. The molecule has 0 saturated heterocycles. The van der Waals surface area contributed by atoms with Gasteiger partial charge in [0.2, 0.25) is 5.91 Å². The number of nitrogens with one attached hydrogen (secondary N) is 1. The van der Waals surface area contributed by atoms with Gasteiger partial charge >= 0.3 is 5.97 Å². The molecule has 0 radical (unpaired) electrons. The molecule has 3 rings (SSSR count). The number of rotatable bonds is 6. The minimum atomic E-state index is -0.837. The molecule has 0 aliphatic heterocycles. The predicted molar refractivity (Wildman–Crippen MR) is 95.3 cm³/mol. The number of tetrazole rings is 1. The van der Waals surface area contributed by atoms with E-state index in [1.807, 2.05) is 18.2 Å². The van der Waals surface area contributed by atoms with Crippen molar-refractivity contribution >= 4 is 17.6 Å². The van der Waals surface area contributed by atoms with Crippen molar-refractivity contribution < 1.29 is 14.7 Å². The Kier molecular flexibility index (Phi) is 5.29. The highest BCUT2D eigenvalue weighted by Crippen LogP contribution is 2.42. The smallest absolute Gasteiger partial charge is 0.303 e. The summed E-state index contributed by atoms with van der Waals surface area (Å²) in [6, 6.07) is 7.31. The fourth-order valence-electron chi connectivity index (χ4n) is 3.79. The molecule has 26 heavy (non-hydrogen) atoms. The van der Waals surface area contributed by atoms with Gasteiger partial charge in [-0.25, -0.2) is 4.68 Å². The molecular weight excluding hydrogens is 334 g/mol. The first-order chi connectivity index (χ1) is 12.5. The number of hydrogen-bond acceptors (Lipinski definition) is 5. The van der Waals surface area contributed by atoms with Crippen LogP contribution >= 0.6 is 0 Å². The number of aromatic nitrogens is 4. The van der Waals surface area contributed by atoms with E-state index in [0.717, 1.165) is 37.7 Å². The van der Waals surface area contributed by atoms with E-state index < -0.39 is 11.4 Å². The second-order valence-electron chi connectivity index (χ2n) is 7.06. The number of aryl methyl sites for hydroxylation is 1. The van der Waals surface area contributed by atoms with E-state index in [2.05, 4.69) is 20.8 Å². The first kappa shape index (κ1) is 18.0. The number of carbonyl (C=O) groups is 2. The van der Waals surface area contributed by atoms with Crippen LogP contribution in [0, 0.1) is 5.41 Å². The Bertz CT molecular complexity index is 796. The van der Waals surface area contributed by atoms with Gasteiger partial charge in [-0.1, -0.05) is 31.4 Å². The van der Waals surface area contributed by atoms with Crippen LogP contribution in [0.5, 0.6) is 0 Å². The number of carboxylic acids is 1. The lowest BCUT2D eigenvalue weighted by atomic mass is 9.69. The molecule has 1 heterocycles. The average molecular weight is 357 g/mol. The van der Waals surface area contributed by atoms with E-state index in [1.165, 1.54) is 0 Å². The summed E-state index contributed by atoms with van der Waals surface area (Å²) in [6.07, 6.45) is 4.93. The normalized spacial score (nSPS) is 16.2. The summed E-state index contributed by atoms with van der Waals surface area (Å²) in [7, 11) is 1.75. The van der Waals surface area contributed by atoms with Gasteiger partial charge in [-0.2, -0.15) is 0 Å². The number of anilines is 1. The van der Waals surface area contributed by atoms with Crippen LogP contribution in [-0.2, 0) is 16.6 Å². The van der Waals surface area contributed by atoms with E-state index >= 15 is 0 Å². The zero-order valence-corrected chi connectivity index (χ0v) is 14.8. The topological polar surface area (TPSA) is 110 Å². The molecule has 2 N–H and O–H groups in total. The van der Waals surface area contributed by atoms with Crippen molar-refractivity contribution in [2.24, 2.45) is 12.5 Å². The van der Waals surface area contributed by atoms with Gasteiger partial charge in [0, 0.05) is 24.7 Å². The number of aliphatic carboxylic acids is 1. The lowest BCUT2D eigenvalue weighted by Gasteiger charge is -2.35. The van der Waals surface area contributed by atoms with E-state index in [4.69, 9.17) is 0 Å². The Labute approximate surface area is 151 Å². The van der Waals surface area contributed by atoms with Gasteiger partial charge in [0.25, 0.3) is 0 Å². The first-order valence-corrected chi connectivity index (χ1v) is 8.82. The van der Waals surface area contributed by atoms with E-state index in [0.29, 0.717) is 11.5 Å². The Balaban J connectivity index is 1.71. The number of amides is 1. The number of carboxylic acid groups (broad SMARTS) is 1. The maximum atomic E-state index is 12.6. The molecule has 0 atom stereocenters. The van der Waals surface area contributed by atoms with Gasteiger partial charge in [0.15, 0.2) is 5.82 Å². The summed E-state index contributed by atoms with van der Waals surface area (Å²) in [5, 5.41) is 23.5. The molecule has 1 aliphatic rings. The van der Waals surface area contributed by atoms with Crippen LogP contribution in [-0.4, -0.2) is 37.2 Å². The molecule has 1 saturated carbocycles. The van der Waals surface area contributed by atoms with E-state index in [1.54, 1.807) is 17.8 Å². The SMILES string of the molecule is Cn1nnnc1-c1cccc(NC(=O)CC2(CC(=O)O)CCCCC2)c1. The molecule has 1 aliphatic carbocycles. The van der Waals surface area contributed by atoms with Crippen LogP contribution in [0.2, 0.25) is 0 Å². The lowest BCUT2D eigenvalue weighted by molar-refractivity contribution is -0.140. The summed E-state index contributed by atoms with van der Waals surface area (Å²) < 4.78 is 1.56. The van der Waals surface area contributed by atoms with Gasteiger partial charge in [-0.05, 0) is 40.8 Å². The molecule has 1 aromatic carbocycles. The standard InChI is InChI=1S/C18H23N5O3/c1-23-17(20-21-22-23)13-6-5-7-14(10-13)19-15(24)11-18(12-16(25)26)8-3-2-4-9-18/h5-7,10H,2-4,8-9,11-12H2,1H3,(H,19,24)(H,25,26). The maximum Gasteiger partial charge on any atom is 0.303 e. The van der Waals surface area contributed by atoms with Gasteiger partial charge in [0.1, 0.15) is 0 Å². The Morgan fingerprint density at radius 2 is 2.00 bits per heavy atom. The van der Waals surface area contributed by atoms with Crippen molar-refractivity contribution in [3.63, 3.8) is 0 Å². The second kappa shape index (κ2) is 7.63. The van der Waals surface area contributed by atoms with Crippen LogP contribution in [0.25, 0.3) is 11.4 Å². The monoisotopic (exact) mass is 357 g/mol. The third-order valence-corrected chi connectivity index (χ3v) is 5.00. The van der Waals surface area contributed by atoms with Crippen molar-refractivity contribution in [2.45, 2.75) is 44.9 Å². The van der Waals surface area contributed by atoms with E-state index in [-0.39, 0.29) is 18.7 Å². The molecule has 0 spiro atoms. The zero-order valence-electron chi connectivity index (χ0n) is 14.8. The Morgan fingerprint density at radius 3 is 2.65 bits per heavy atom. The van der Waals surface area contributed by atoms with Gasteiger partial charge in [-0.15, -0.1) is 5.10 Å². The van der Waals surface area contributed by atoms with Crippen LogP contribution in [0.1, 0.15) is 44.9 Å². The third-order valence-electron chi connectivity index (χ3n) is 5.00. The van der Waals surface area contributed by atoms with Crippen molar-refractivity contribution in [1.82, 2.24) is 20.2 Å². The highest BCUT2D eigenvalue weighted by molar-refractivity contribution is 5.92. The number of benzene rings is 1. The van der Waals surface area contributed by atoms with Crippen LogP contribution < -0.4 is 5.32 Å². The summed E-state index contributed by atoms with van der Waals surface area (Å²) in [5.41, 5.74) is 1.02. The van der Waals surface area contributed by atoms with Crippen LogP contribution in [0.4, 0.5) is 5.69 Å². The minimum absolute atomic E-state index is 0.0467. The van der Waals surface area contributed by atoms with Crippen molar-refractivity contribution in [3.05, 3.63) is 24.3 Å². The summed E-state index contributed by atoms with van der Waals surface area (Å²) in [5.74, 6) is -0.381. The minimum Gasteiger partial charge on any atom is -0.481 e. The second-order valence-corrected chi connectivity index (χ2v) is 7.06. The molecule has 138 valence electrons. The average Bonchev–Trinajstić information content (AvgIpc) is 3.01. The lowest BCUT2D eigenvalue weighted by Crippen LogP contribution is -2.32. The molecular formula is C18H23N5O3. The van der Waals surface area contributed by atoms with Gasteiger partial charge in [-0.3, -0.25) is 9.59 Å². The largest absolute Gasteiger partial charge is 0.481 e. The predicted octanol–water partition coefficient (Wildman–Crippen LogP) is 2.63. The van der Waals surface area contributed by atoms with Gasteiger partial charge < -0.3 is 10.4 Å². The molecule has 1 amide bonds. The van der Waals surface area contributed by atoms with E-state index in [9.17, 15) is 14.7 Å².